The second-order valence-corrected chi connectivity index (χ2v) is 5.37. The number of imidazole rings is 1. The highest BCUT2D eigenvalue weighted by molar-refractivity contribution is 5.78. The maximum Gasteiger partial charge on any atom is 0.246 e. The van der Waals surface area contributed by atoms with Crippen molar-refractivity contribution >= 4 is 5.91 Å². The molecule has 0 saturated carbocycles. The average molecular weight is 264 g/mol. The SMILES string of the molecule is Cn1cncc1CN1CC[C@@H]2NC(=O)CO[C@H]2CC1. The Morgan fingerprint density at radius 3 is 3.11 bits per heavy atom. The molecule has 6 heteroatoms. The number of ether oxygens (including phenoxy) is 1. The zero-order valence-electron chi connectivity index (χ0n) is 11.2. The fourth-order valence-electron chi connectivity index (χ4n) is 2.85. The smallest absolute Gasteiger partial charge is 0.246 e. The number of hydrogen-bond acceptors (Lipinski definition) is 4. The first-order valence-electron chi connectivity index (χ1n) is 6.81. The van der Waals surface area contributed by atoms with Crippen LogP contribution < -0.4 is 5.32 Å². The van der Waals surface area contributed by atoms with Gasteiger partial charge in [-0.1, -0.05) is 0 Å². The van der Waals surface area contributed by atoms with Crippen LogP contribution in [0, 0.1) is 0 Å². The van der Waals surface area contributed by atoms with Gasteiger partial charge in [0.2, 0.25) is 5.91 Å². The summed E-state index contributed by atoms with van der Waals surface area (Å²) in [5.74, 6) is 0.0151. The maximum absolute atomic E-state index is 11.4. The number of nitrogens with zero attached hydrogens (tertiary/aromatic N) is 3. The van der Waals surface area contributed by atoms with Gasteiger partial charge in [0.15, 0.2) is 0 Å². The third-order valence-electron chi connectivity index (χ3n) is 4.01. The molecule has 3 rings (SSSR count). The van der Waals surface area contributed by atoms with Gasteiger partial charge in [0.25, 0.3) is 0 Å². The van der Waals surface area contributed by atoms with Gasteiger partial charge in [0, 0.05) is 32.9 Å². The van der Waals surface area contributed by atoms with Crippen molar-refractivity contribution in [2.45, 2.75) is 31.5 Å². The van der Waals surface area contributed by atoms with Crippen molar-refractivity contribution in [2.24, 2.45) is 7.05 Å². The molecule has 0 aliphatic carbocycles. The largest absolute Gasteiger partial charge is 0.366 e. The Morgan fingerprint density at radius 1 is 1.47 bits per heavy atom. The number of amides is 1. The normalized spacial score (nSPS) is 28.6. The zero-order valence-corrected chi connectivity index (χ0v) is 11.2. The summed E-state index contributed by atoms with van der Waals surface area (Å²) in [5, 5.41) is 3.04. The molecule has 1 amide bonds. The fourth-order valence-corrected chi connectivity index (χ4v) is 2.85. The van der Waals surface area contributed by atoms with E-state index < -0.39 is 0 Å². The van der Waals surface area contributed by atoms with Crippen LogP contribution in [0.1, 0.15) is 18.5 Å². The van der Waals surface area contributed by atoms with E-state index in [1.807, 2.05) is 19.6 Å². The van der Waals surface area contributed by atoms with Crippen molar-refractivity contribution in [1.82, 2.24) is 19.8 Å². The molecule has 6 nitrogen and oxygen atoms in total. The number of rotatable bonds is 2. The number of aryl methyl sites for hydroxylation is 1. The lowest BCUT2D eigenvalue weighted by molar-refractivity contribution is -0.136. The van der Waals surface area contributed by atoms with Crippen molar-refractivity contribution in [3.05, 3.63) is 18.2 Å². The van der Waals surface area contributed by atoms with Gasteiger partial charge in [-0.25, -0.2) is 4.98 Å². The summed E-state index contributed by atoms with van der Waals surface area (Å²) >= 11 is 0. The summed E-state index contributed by atoms with van der Waals surface area (Å²) in [7, 11) is 2.02. The Labute approximate surface area is 112 Å². The Bertz CT molecular complexity index is 459. The van der Waals surface area contributed by atoms with Gasteiger partial charge in [-0.05, 0) is 12.8 Å². The lowest BCUT2D eigenvalue weighted by Crippen LogP contribution is -2.51. The van der Waals surface area contributed by atoms with Gasteiger partial charge in [-0.15, -0.1) is 0 Å². The average Bonchev–Trinajstić information content (AvgIpc) is 2.69. The van der Waals surface area contributed by atoms with E-state index in [4.69, 9.17) is 4.74 Å². The van der Waals surface area contributed by atoms with Crippen molar-refractivity contribution < 1.29 is 9.53 Å². The third-order valence-corrected chi connectivity index (χ3v) is 4.01. The number of aromatic nitrogens is 2. The van der Waals surface area contributed by atoms with E-state index in [0.29, 0.717) is 0 Å². The number of nitrogens with one attached hydrogen (secondary N) is 1. The van der Waals surface area contributed by atoms with Gasteiger partial charge < -0.3 is 14.6 Å². The van der Waals surface area contributed by atoms with Crippen LogP contribution in [-0.2, 0) is 23.1 Å². The standard InChI is InChI=1S/C13H20N4O2/c1-16-9-14-6-10(16)7-17-4-2-11-12(3-5-17)19-8-13(18)15-11/h6,9,11-12H,2-5,7-8H2,1H3,(H,15,18)/t11-,12-/m0/s1. The molecule has 0 aromatic carbocycles. The topological polar surface area (TPSA) is 59.4 Å². The van der Waals surface area contributed by atoms with Gasteiger partial charge in [0.05, 0.1) is 24.2 Å². The zero-order chi connectivity index (χ0) is 13.2. The van der Waals surface area contributed by atoms with Crippen molar-refractivity contribution in [2.75, 3.05) is 19.7 Å². The first-order chi connectivity index (χ1) is 9.22. The van der Waals surface area contributed by atoms with Crippen molar-refractivity contribution in [3.63, 3.8) is 0 Å². The van der Waals surface area contributed by atoms with Gasteiger partial charge in [-0.3, -0.25) is 9.69 Å². The highest BCUT2D eigenvalue weighted by Gasteiger charge is 2.32. The molecule has 1 aromatic heterocycles. The first-order valence-corrected chi connectivity index (χ1v) is 6.81. The minimum absolute atomic E-state index is 0.0151. The summed E-state index contributed by atoms with van der Waals surface area (Å²) in [6, 6.07) is 0.179. The number of fused-ring (bicyclic) bond motifs is 1. The second-order valence-electron chi connectivity index (χ2n) is 5.37. The molecule has 1 aromatic rings. The Balaban J connectivity index is 1.61. The minimum Gasteiger partial charge on any atom is -0.366 e. The number of carbonyl (C=O) groups excluding carboxylic acids is 1. The van der Waals surface area contributed by atoms with Crippen LogP contribution in [0.25, 0.3) is 0 Å². The second kappa shape index (κ2) is 5.30. The molecule has 2 saturated heterocycles. The van der Waals surface area contributed by atoms with E-state index in [1.54, 1.807) is 0 Å². The highest BCUT2D eigenvalue weighted by Crippen LogP contribution is 2.19. The van der Waals surface area contributed by atoms with E-state index in [0.717, 1.165) is 32.5 Å². The Morgan fingerprint density at radius 2 is 2.32 bits per heavy atom. The summed E-state index contributed by atoms with van der Waals surface area (Å²) in [5.41, 5.74) is 1.22. The molecule has 3 heterocycles. The maximum atomic E-state index is 11.4. The lowest BCUT2D eigenvalue weighted by Gasteiger charge is -2.30. The number of hydrogen-bond donors (Lipinski definition) is 1. The first kappa shape index (κ1) is 12.6. The van der Waals surface area contributed by atoms with Crippen LogP contribution in [0.3, 0.4) is 0 Å². The van der Waals surface area contributed by atoms with E-state index in [2.05, 4.69) is 19.8 Å². The molecule has 0 radical (unpaired) electrons. The predicted octanol–water partition coefficient (Wildman–Crippen LogP) is -0.100. The summed E-state index contributed by atoms with van der Waals surface area (Å²) < 4.78 is 7.68. The fraction of sp³-hybridized carbons (Fsp3) is 0.692. The monoisotopic (exact) mass is 264 g/mol. The van der Waals surface area contributed by atoms with Crippen LogP contribution in [0.15, 0.2) is 12.5 Å². The molecule has 2 atom stereocenters. The summed E-state index contributed by atoms with van der Waals surface area (Å²) in [4.78, 5) is 17.9. The number of morpholine rings is 1. The van der Waals surface area contributed by atoms with Gasteiger partial charge in [-0.2, -0.15) is 0 Å². The number of carbonyl (C=O) groups is 1. The molecule has 2 aliphatic rings. The summed E-state index contributed by atoms with van der Waals surface area (Å²) in [6.07, 6.45) is 5.85. The quantitative estimate of drug-likeness (QED) is 0.810. The predicted molar refractivity (Wildman–Crippen MR) is 69.4 cm³/mol. The molecule has 1 N–H and O–H groups in total. The molecular weight excluding hydrogens is 244 g/mol. The van der Waals surface area contributed by atoms with Crippen LogP contribution >= 0.6 is 0 Å². The van der Waals surface area contributed by atoms with Crippen LogP contribution in [0.2, 0.25) is 0 Å². The van der Waals surface area contributed by atoms with Crippen LogP contribution in [0.4, 0.5) is 0 Å². The van der Waals surface area contributed by atoms with E-state index in [9.17, 15) is 4.79 Å². The molecular formula is C13H20N4O2. The Kier molecular flexibility index (Phi) is 3.52. The van der Waals surface area contributed by atoms with E-state index in [1.165, 1.54) is 5.69 Å². The van der Waals surface area contributed by atoms with Crippen molar-refractivity contribution in [3.8, 4) is 0 Å². The minimum atomic E-state index is 0.0151. The molecule has 0 spiro atoms. The molecule has 2 aliphatic heterocycles. The van der Waals surface area contributed by atoms with Crippen LogP contribution in [0.5, 0.6) is 0 Å². The van der Waals surface area contributed by atoms with Gasteiger partial charge in [0.1, 0.15) is 6.61 Å². The van der Waals surface area contributed by atoms with E-state index in [-0.39, 0.29) is 24.7 Å². The molecule has 2 fully saturated rings. The lowest BCUT2D eigenvalue weighted by atomic mass is 10.0. The van der Waals surface area contributed by atoms with Crippen molar-refractivity contribution in [1.29, 1.82) is 0 Å². The molecule has 0 unspecified atom stereocenters. The third kappa shape index (κ3) is 2.79. The van der Waals surface area contributed by atoms with Gasteiger partial charge >= 0.3 is 0 Å². The van der Waals surface area contributed by atoms with E-state index >= 15 is 0 Å². The molecule has 0 bridgehead atoms. The number of likely N-dealkylation sites (tertiary alicyclic amines) is 1. The highest BCUT2D eigenvalue weighted by atomic mass is 16.5. The molecule has 19 heavy (non-hydrogen) atoms. The molecule has 104 valence electrons. The van der Waals surface area contributed by atoms with Crippen LogP contribution in [-0.4, -0.2) is 52.2 Å². The summed E-state index contributed by atoms with van der Waals surface area (Å²) in [6.45, 7) is 3.10. The Hall–Kier alpha value is -1.40.